The molecule has 2 amide bonds. The van der Waals surface area contributed by atoms with Gasteiger partial charge in [-0.15, -0.1) is 0 Å². The number of carbonyl (C=O) groups excluding carboxylic acids is 2. The van der Waals surface area contributed by atoms with Crippen LogP contribution in [-0.2, 0) is 9.59 Å². The molecule has 1 aromatic carbocycles. The number of nitrogens with one attached hydrogen (secondary N) is 3. The van der Waals surface area contributed by atoms with Crippen molar-refractivity contribution in [3.05, 3.63) is 29.8 Å². The van der Waals surface area contributed by atoms with Gasteiger partial charge in [-0.1, -0.05) is 18.2 Å². The average Bonchev–Trinajstić information content (AvgIpc) is 2.60. The zero-order valence-corrected chi connectivity index (χ0v) is 9.62. The molecule has 90 valence electrons. The monoisotopic (exact) mass is 233 g/mol. The Balaban J connectivity index is 1.93. The molecule has 2 rings (SSSR count). The first-order valence-electron chi connectivity index (χ1n) is 5.56. The van der Waals surface area contributed by atoms with Crippen molar-refractivity contribution < 1.29 is 9.59 Å². The van der Waals surface area contributed by atoms with Crippen molar-refractivity contribution >= 4 is 17.5 Å². The van der Waals surface area contributed by atoms with Gasteiger partial charge in [-0.25, -0.2) is 0 Å². The molecular weight excluding hydrogens is 218 g/mol. The van der Waals surface area contributed by atoms with E-state index in [9.17, 15) is 9.59 Å². The fourth-order valence-electron chi connectivity index (χ4n) is 1.87. The van der Waals surface area contributed by atoms with Crippen molar-refractivity contribution in [3.63, 3.8) is 0 Å². The fourth-order valence-corrected chi connectivity index (χ4v) is 1.87. The number of hydrogen-bond donors (Lipinski definition) is 3. The summed E-state index contributed by atoms with van der Waals surface area (Å²) in [7, 11) is 0. The molecule has 1 unspecified atom stereocenters. The average molecular weight is 233 g/mol. The van der Waals surface area contributed by atoms with Crippen molar-refractivity contribution in [1.29, 1.82) is 0 Å². The molecule has 17 heavy (non-hydrogen) atoms. The van der Waals surface area contributed by atoms with E-state index in [2.05, 4.69) is 16.0 Å². The van der Waals surface area contributed by atoms with Gasteiger partial charge in [0.15, 0.2) is 0 Å². The van der Waals surface area contributed by atoms with Crippen LogP contribution >= 0.6 is 0 Å². The molecule has 1 aromatic rings. The van der Waals surface area contributed by atoms with E-state index < -0.39 is 0 Å². The van der Waals surface area contributed by atoms with E-state index in [1.165, 1.54) is 6.92 Å². The summed E-state index contributed by atoms with van der Waals surface area (Å²) in [5.41, 5.74) is 1.81. The Morgan fingerprint density at radius 2 is 2.12 bits per heavy atom. The van der Waals surface area contributed by atoms with Crippen LogP contribution in [0.1, 0.15) is 18.5 Å². The summed E-state index contributed by atoms with van der Waals surface area (Å²) in [5, 5.41) is 8.60. The van der Waals surface area contributed by atoms with Crippen molar-refractivity contribution in [2.45, 2.75) is 13.0 Å². The summed E-state index contributed by atoms with van der Waals surface area (Å²) in [6, 6.07) is 7.27. The molecule has 0 spiro atoms. The normalized spacial score (nSPS) is 17.5. The van der Waals surface area contributed by atoms with Gasteiger partial charge in [-0.3, -0.25) is 9.59 Å². The molecule has 0 saturated carbocycles. The third kappa shape index (κ3) is 2.62. The predicted octanol–water partition coefficient (Wildman–Crippen LogP) is 0.405. The number of para-hydroxylation sites is 1. The highest BCUT2D eigenvalue weighted by Gasteiger charge is 2.29. The number of hydrogen-bond acceptors (Lipinski definition) is 3. The third-order valence-corrected chi connectivity index (χ3v) is 2.64. The second kappa shape index (κ2) is 4.97. The zero-order chi connectivity index (χ0) is 12.3. The Hall–Kier alpha value is -1.88. The molecule has 0 aliphatic carbocycles. The number of amides is 2. The Kier molecular flexibility index (Phi) is 3.39. The van der Waals surface area contributed by atoms with Crippen LogP contribution in [0.15, 0.2) is 24.3 Å². The largest absolute Gasteiger partial charge is 0.355 e. The molecule has 0 aromatic heterocycles. The number of fused-ring (bicyclic) bond motifs is 1. The Morgan fingerprint density at radius 1 is 1.35 bits per heavy atom. The van der Waals surface area contributed by atoms with E-state index in [1.54, 1.807) is 0 Å². The summed E-state index contributed by atoms with van der Waals surface area (Å²) >= 11 is 0. The first-order chi connectivity index (χ1) is 8.18. The van der Waals surface area contributed by atoms with Crippen LogP contribution in [0, 0.1) is 0 Å². The highest BCUT2D eigenvalue weighted by molar-refractivity contribution is 6.02. The van der Waals surface area contributed by atoms with Gasteiger partial charge in [0.1, 0.15) is 6.04 Å². The minimum atomic E-state index is -0.319. The van der Waals surface area contributed by atoms with E-state index >= 15 is 0 Å². The summed E-state index contributed by atoms with van der Waals surface area (Å²) in [6.45, 7) is 2.55. The zero-order valence-electron chi connectivity index (χ0n) is 9.62. The van der Waals surface area contributed by atoms with Gasteiger partial charge in [-0.2, -0.15) is 0 Å². The lowest BCUT2D eigenvalue weighted by Gasteiger charge is -2.11. The van der Waals surface area contributed by atoms with Crippen molar-refractivity contribution in [1.82, 2.24) is 10.6 Å². The maximum absolute atomic E-state index is 11.7. The molecule has 0 saturated heterocycles. The number of carbonyl (C=O) groups is 2. The van der Waals surface area contributed by atoms with Crippen LogP contribution < -0.4 is 16.0 Å². The van der Waals surface area contributed by atoms with Crippen molar-refractivity contribution in [2.75, 3.05) is 18.4 Å². The van der Waals surface area contributed by atoms with Crippen molar-refractivity contribution in [2.24, 2.45) is 0 Å². The lowest BCUT2D eigenvalue weighted by atomic mass is 10.1. The highest BCUT2D eigenvalue weighted by atomic mass is 16.2. The second-order valence-electron chi connectivity index (χ2n) is 3.95. The van der Waals surface area contributed by atoms with Crippen LogP contribution in [0.3, 0.4) is 0 Å². The summed E-state index contributed by atoms with van der Waals surface area (Å²) in [4.78, 5) is 22.4. The summed E-state index contributed by atoms with van der Waals surface area (Å²) < 4.78 is 0. The van der Waals surface area contributed by atoms with Gasteiger partial charge in [-0.05, 0) is 6.07 Å². The number of rotatable bonds is 4. The standard InChI is InChI=1S/C12H15N3O2/c1-8(16)13-6-7-14-11-9-4-2-3-5-10(9)15-12(11)17/h2-5,11,14H,6-7H2,1H3,(H,13,16)(H,15,17). The van der Waals surface area contributed by atoms with Gasteiger partial charge in [0.25, 0.3) is 0 Å². The SMILES string of the molecule is CC(=O)NCCNC1C(=O)Nc2ccccc21. The van der Waals surface area contributed by atoms with Crippen LogP contribution in [0.25, 0.3) is 0 Å². The maximum atomic E-state index is 11.7. The van der Waals surface area contributed by atoms with Gasteiger partial charge >= 0.3 is 0 Å². The van der Waals surface area contributed by atoms with E-state index in [0.29, 0.717) is 13.1 Å². The first kappa shape index (κ1) is 11.6. The van der Waals surface area contributed by atoms with Crippen LogP contribution in [0.2, 0.25) is 0 Å². The Bertz CT molecular complexity index is 445. The van der Waals surface area contributed by atoms with Gasteiger partial charge in [0.2, 0.25) is 11.8 Å². The summed E-state index contributed by atoms with van der Waals surface area (Å²) in [5.74, 6) is -0.114. The molecular formula is C12H15N3O2. The molecule has 0 fully saturated rings. The third-order valence-electron chi connectivity index (χ3n) is 2.64. The number of benzene rings is 1. The minimum absolute atomic E-state index is 0.0472. The molecule has 1 atom stereocenters. The first-order valence-corrected chi connectivity index (χ1v) is 5.56. The fraction of sp³-hybridized carbons (Fsp3) is 0.333. The molecule has 3 N–H and O–H groups in total. The van der Waals surface area contributed by atoms with Crippen LogP contribution in [-0.4, -0.2) is 24.9 Å². The maximum Gasteiger partial charge on any atom is 0.246 e. The Labute approximate surface area is 99.6 Å². The minimum Gasteiger partial charge on any atom is -0.355 e. The van der Waals surface area contributed by atoms with Crippen LogP contribution in [0.4, 0.5) is 5.69 Å². The molecule has 1 heterocycles. The van der Waals surface area contributed by atoms with Gasteiger partial charge in [0.05, 0.1) is 0 Å². The smallest absolute Gasteiger partial charge is 0.246 e. The topological polar surface area (TPSA) is 70.2 Å². The van der Waals surface area contributed by atoms with Crippen LogP contribution in [0.5, 0.6) is 0 Å². The van der Waals surface area contributed by atoms with E-state index in [4.69, 9.17) is 0 Å². The molecule has 5 nitrogen and oxygen atoms in total. The highest BCUT2D eigenvalue weighted by Crippen LogP contribution is 2.29. The van der Waals surface area contributed by atoms with E-state index in [1.807, 2.05) is 24.3 Å². The van der Waals surface area contributed by atoms with E-state index in [0.717, 1.165) is 11.3 Å². The molecule has 0 radical (unpaired) electrons. The van der Waals surface area contributed by atoms with Gasteiger partial charge < -0.3 is 16.0 Å². The van der Waals surface area contributed by atoms with E-state index in [-0.39, 0.29) is 17.9 Å². The molecule has 1 aliphatic heterocycles. The van der Waals surface area contributed by atoms with Crippen molar-refractivity contribution in [3.8, 4) is 0 Å². The lowest BCUT2D eigenvalue weighted by Crippen LogP contribution is -2.34. The lowest BCUT2D eigenvalue weighted by molar-refractivity contribution is -0.118. The molecule has 5 heteroatoms. The molecule has 0 bridgehead atoms. The summed E-state index contributed by atoms with van der Waals surface area (Å²) in [6.07, 6.45) is 0. The number of anilines is 1. The second-order valence-corrected chi connectivity index (χ2v) is 3.95. The quantitative estimate of drug-likeness (QED) is 0.659. The Morgan fingerprint density at radius 3 is 2.88 bits per heavy atom. The molecule has 1 aliphatic rings. The van der Waals surface area contributed by atoms with Gasteiger partial charge in [0, 0.05) is 31.3 Å². The predicted molar refractivity (Wildman–Crippen MR) is 64.5 cm³/mol.